The molecular formula is C13H16N4O2S. The van der Waals surface area contributed by atoms with Crippen LogP contribution in [0.2, 0.25) is 0 Å². The number of nitrogens with one attached hydrogen (secondary N) is 1. The lowest BCUT2D eigenvalue weighted by atomic mass is 10.3. The molecule has 2 aromatic heterocycles. The van der Waals surface area contributed by atoms with Gasteiger partial charge in [-0.1, -0.05) is 0 Å². The Morgan fingerprint density at radius 1 is 1.15 bits per heavy atom. The van der Waals surface area contributed by atoms with Crippen LogP contribution in [0.4, 0.5) is 5.69 Å². The first kappa shape index (κ1) is 14.4. The maximum Gasteiger partial charge on any atom is 0.246 e. The minimum atomic E-state index is -3.59. The molecule has 0 saturated heterocycles. The molecule has 0 amide bonds. The van der Waals surface area contributed by atoms with Crippen molar-refractivity contribution >= 4 is 15.7 Å². The van der Waals surface area contributed by atoms with Gasteiger partial charge in [-0.15, -0.1) is 0 Å². The molecule has 0 aromatic carbocycles. The number of hydrogen-bond acceptors (Lipinski definition) is 5. The van der Waals surface area contributed by atoms with E-state index in [1.54, 1.807) is 50.9 Å². The molecule has 0 aliphatic heterocycles. The van der Waals surface area contributed by atoms with Gasteiger partial charge in [-0.05, 0) is 23.8 Å². The van der Waals surface area contributed by atoms with Crippen molar-refractivity contribution in [1.82, 2.24) is 14.3 Å². The van der Waals surface area contributed by atoms with Gasteiger partial charge >= 0.3 is 0 Å². The summed E-state index contributed by atoms with van der Waals surface area (Å²) in [6.07, 6.45) is 6.18. The number of nitrogens with zero attached hydrogens (tertiary/aromatic N) is 3. The summed E-state index contributed by atoms with van der Waals surface area (Å²) < 4.78 is 26.4. The largest absolute Gasteiger partial charge is 0.387 e. The van der Waals surface area contributed by atoms with Gasteiger partial charge in [0.15, 0.2) is 0 Å². The molecule has 2 aromatic rings. The number of sulfonamides is 1. The SMILES string of the molecule is CNc1ccncc1S(=O)(=O)N(C)Cc1ccncc1. The van der Waals surface area contributed by atoms with Crippen molar-refractivity contribution in [3.05, 3.63) is 48.5 Å². The topological polar surface area (TPSA) is 75.2 Å². The second-order valence-electron chi connectivity index (χ2n) is 4.24. The van der Waals surface area contributed by atoms with Gasteiger partial charge in [0.1, 0.15) is 4.90 Å². The lowest BCUT2D eigenvalue weighted by molar-refractivity contribution is 0.466. The monoisotopic (exact) mass is 292 g/mol. The van der Waals surface area contributed by atoms with E-state index in [1.165, 1.54) is 10.5 Å². The molecule has 0 spiro atoms. The lowest BCUT2D eigenvalue weighted by Gasteiger charge is -2.18. The summed E-state index contributed by atoms with van der Waals surface area (Å²) in [4.78, 5) is 7.97. The normalized spacial score (nSPS) is 11.6. The van der Waals surface area contributed by atoms with Crippen LogP contribution in [-0.2, 0) is 16.6 Å². The molecule has 0 unspecified atom stereocenters. The van der Waals surface area contributed by atoms with Crippen molar-refractivity contribution in [1.29, 1.82) is 0 Å². The molecule has 2 heterocycles. The van der Waals surface area contributed by atoms with E-state index in [1.807, 2.05) is 0 Å². The van der Waals surface area contributed by atoms with Crippen LogP contribution in [0, 0.1) is 0 Å². The predicted octanol–water partition coefficient (Wildman–Crippen LogP) is 1.34. The molecule has 0 saturated carbocycles. The van der Waals surface area contributed by atoms with E-state index in [0.717, 1.165) is 5.56 Å². The maximum atomic E-state index is 12.5. The average molecular weight is 292 g/mol. The predicted molar refractivity (Wildman–Crippen MR) is 76.7 cm³/mol. The van der Waals surface area contributed by atoms with Gasteiger partial charge < -0.3 is 5.32 Å². The summed E-state index contributed by atoms with van der Waals surface area (Å²) in [6, 6.07) is 5.20. The zero-order valence-corrected chi connectivity index (χ0v) is 12.1. The Morgan fingerprint density at radius 2 is 1.80 bits per heavy atom. The zero-order valence-electron chi connectivity index (χ0n) is 11.3. The van der Waals surface area contributed by atoms with Gasteiger partial charge in [0, 0.05) is 45.4 Å². The van der Waals surface area contributed by atoms with Gasteiger partial charge in [-0.25, -0.2) is 8.42 Å². The Kier molecular flexibility index (Phi) is 4.31. The summed E-state index contributed by atoms with van der Waals surface area (Å²) in [6.45, 7) is 0.281. The minimum Gasteiger partial charge on any atom is -0.387 e. The summed E-state index contributed by atoms with van der Waals surface area (Å²) in [7, 11) is -0.370. The maximum absolute atomic E-state index is 12.5. The van der Waals surface area contributed by atoms with Crippen LogP contribution >= 0.6 is 0 Å². The average Bonchev–Trinajstić information content (AvgIpc) is 2.48. The number of aromatic nitrogens is 2. The number of pyridine rings is 2. The molecule has 2 rings (SSSR count). The van der Waals surface area contributed by atoms with Gasteiger partial charge in [-0.3, -0.25) is 9.97 Å². The second kappa shape index (κ2) is 5.98. The molecule has 1 N–H and O–H groups in total. The highest BCUT2D eigenvalue weighted by Crippen LogP contribution is 2.23. The third kappa shape index (κ3) is 2.94. The summed E-state index contributed by atoms with van der Waals surface area (Å²) in [5.41, 5.74) is 1.41. The van der Waals surface area contributed by atoms with E-state index in [2.05, 4.69) is 15.3 Å². The van der Waals surface area contributed by atoms with Gasteiger partial charge in [0.05, 0.1) is 5.69 Å². The molecule has 0 fully saturated rings. The number of rotatable bonds is 5. The molecule has 0 atom stereocenters. The molecule has 106 valence electrons. The molecule has 0 aliphatic carbocycles. The van der Waals surface area contributed by atoms with Crippen LogP contribution in [0.1, 0.15) is 5.56 Å². The van der Waals surface area contributed by atoms with E-state index < -0.39 is 10.0 Å². The first-order valence-corrected chi connectivity index (χ1v) is 7.46. The molecular weight excluding hydrogens is 276 g/mol. The molecule has 6 nitrogen and oxygen atoms in total. The number of anilines is 1. The second-order valence-corrected chi connectivity index (χ2v) is 6.25. The highest BCUT2D eigenvalue weighted by molar-refractivity contribution is 7.89. The quantitative estimate of drug-likeness (QED) is 0.900. The van der Waals surface area contributed by atoms with Crippen LogP contribution in [0.3, 0.4) is 0 Å². The fourth-order valence-electron chi connectivity index (χ4n) is 1.79. The fraction of sp³-hybridized carbons (Fsp3) is 0.231. The third-order valence-electron chi connectivity index (χ3n) is 2.90. The molecule has 20 heavy (non-hydrogen) atoms. The van der Waals surface area contributed by atoms with Crippen LogP contribution < -0.4 is 5.32 Å². The van der Waals surface area contributed by atoms with Crippen LogP contribution in [0.15, 0.2) is 47.9 Å². The summed E-state index contributed by atoms with van der Waals surface area (Å²) in [5.74, 6) is 0. The molecule has 0 aliphatic rings. The fourth-order valence-corrected chi connectivity index (χ4v) is 3.09. The molecule has 0 bridgehead atoms. The van der Waals surface area contributed by atoms with Crippen molar-refractivity contribution in [2.24, 2.45) is 0 Å². The van der Waals surface area contributed by atoms with Crippen molar-refractivity contribution < 1.29 is 8.42 Å². The number of hydrogen-bond donors (Lipinski definition) is 1. The first-order chi connectivity index (χ1) is 9.55. The Labute approximate surface area is 118 Å². The minimum absolute atomic E-state index is 0.166. The van der Waals surface area contributed by atoms with Crippen molar-refractivity contribution in [2.75, 3.05) is 19.4 Å². The zero-order chi connectivity index (χ0) is 14.6. The Morgan fingerprint density at radius 3 is 2.45 bits per heavy atom. The van der Waals surface area contributed by atoms with Crippen molar-refractivity contribution in [3.63, 3.8) is 0 Å². The standard InChI is InChI=1S/C13H16N4O2S/c1-14-12-5-8-16-9-13(12)20(18,19)17(2)10-11-3-6-15-7-4-11/h3-9H,10H2,1-2H3,(H,14,16). The third-order valence-corrected chi connectivity index (χ3v) is 4.73. The van der Waals surface area contributed by atoms with Crippen molar-refractivity contribution in [3.8, 4) is 0 Å². The highest BCUT2D eigenvalue weighted by Gasteiger charge is 2.24. The van der Waals surface area contributed by atoms with Gasteiger partial charge in [0.25, 0.3) is 0 Å². The Hall–Kier alpha value is -1.99. The van der Waals surface area contributed by atoms with Gasteiger partial charge in [-0.2, -0.15) is 4.31 Å². The van der Waals surface area contributed by atoms with Crippen molar-refractivity contribution in [2.45, 2.75) is 11.4 Å². The van der Waals surface area contributed by atoms with Crippen LogP contribution in [0.5, 0.6) is 0 Å². The Bertz CT molecular complexity index is 674. The Balaban J connectivity index is 2.30. The lowest BCUT2D eigenvalue weighted by Crippen LogP contribution is -2.27. The van der Waals surface area contributed by atoms with E-state index in [9.17, 15) is 8.42 Å². The van der Waals surface area contributed by atoms with E-state index in [0.29, 0.717) is 5.69 Å². The molecule has 0 radical (unpaired) electrons. The van der Waals surface area contributed by atoms with E-state index in [4.69, 9.17) is 0 Å². The smallest absolute Gasteiger partial charge is 0.246 e. The summed E-state index contributed by atoms with van der Waals surface area (Å²) >= 11 is 0. The van der Waals surface area contributed by atoms with Crippen LogP contribution in [-0.4, -0.2) is 36.8 Å². The van der Waals surface area contributed by atoms with E-state index >= 15 is 0 Å². The van der Waals surface area contributed by atoms with E-state index in [-0.39, 0.29) is 11.4 Å². The van der Waals surface area contributed by atoms with Gasteiger partial charge in [0.2, 0.25) is 10.0 Å². The first-order valence-electron chi connectivity index (χ1n) is 6.02. The van der Waals surface area contributed by atoms with Crippen LogP contribution in [0.25, 0.3) is 0 Å². The highest BCUT2D eigenvalue weighted by atomic mass is 32.2. The summed E-state index contributed by atoms with van der Waals surface area (Å²) in [5, 5.41) is 2.86. The molecule has 7 heteroatoms.